The normalized spacial score (nSPS) is 11.6. The van der Waals surface area contributed by atoms with Gasteiger partial charge in [0.1, 0.15) is 0 Å². The average Bonchev–Trinajstić information content (AvgIpc) is 2.48. The number of anilines is 1. The minimum absolute atomic E-state index is 0.0335. The van der Waals surface area contributed by atoms with Gasteiger partial charge < -0.3 is 16.2 Å². The molecule has 0 fully saturated rings. The average molecular weight is 285 g/mol. The van der Waals surface area contributed by atoms with Crippen LogP contribution in [0.15, 0.2) is 48.7 Å². The summed E-state index contributed by atoms with van der Waals surface area (Å²) in [7, 11) is 0. The van der Waals surface area contributed by atoms with E-state index in [1.54, 1.807) is 42.5 Å². The number of carbonyl (C=O) groups excluding carboxylic acids is 1. The number of carboxylic acids is 1. The molecule has 21 heavy (non-hydrogen) atoms. The van der Waals surface area contributed by atoms with Gasteiger partial charge in [-0.15, -0.1) is 0 Å². The molecule has 0 spiro atoms. The molecule has 0 aliphatic rings. The number of rotatable bonds is 5. The number of hydrogen-bond acceptors (Lipinski definition) is 4. The van der Waals surface area contributed by atoms with Crippen LogP contribution < -0.4 is 11.1 Å². The molecule has 6 nitrogen and oxygen atoms in total. The Kier molecular flexibility index (Phi) is 4.50. The number of nitrogen functional groups attached to an aromatic ring is 1. The monoisotopic (exact) mass is 285 g/mol. The van der Waals surface area contributed by atoms with Crippen molar-refractivity contribution >= 4 is 17.6 Å². The molecule has 0 saturated heterocycles. The van der Waals surface area contributed by atoms with Crippen LogP contribution >= 0.6 is 0 Å². The van der Waals surface area contributed by atoms with E-state index in [0.29, 0.717) is 5.56 Å². The van der Waals surface area contributed by atoms with Gasteiger partial charge in [0.05, 0.1) is 11.6 Å². The van der Waals surface area contributed by atoms with Crippen molar-refractivity contribution in [2.45, 2.75) is 5.92 Å². The smallest absolute Gasteiger partial charge is 0.312 e. The van der Waals surface area contributed by atoms with Crippen molar-refractivity contribution in [1.82, 2.24) is 10.3 Å². The number of benzene rings is 1. The second-order valence-corrected chi connectivity index (χ2v) is 4.45. The fourth-order valence-corrected chi connectivity index (χ4v) is 1.92. The van der Waals surface area contributed by atoms with Crippen LogP contribution in [-0.4, -0.2) is 28.5 Å². The Morgan fingerprint density at radius 3 is 2.52 bits per heavy atom. The Morgan fingerprint density at radius 2 is 1.90 bits per heavy atom. The summed E-state index contributed by atoms with van der Waals surface area (Å²) in [6.45, 7) is -0.0335. The zero-order valence-electron chi connectivity index (χ0n) is 11.2. The number of aliphatic carboxylic acids is 1. The van der Waals surface area contributed by atoms with Gasteiger partial charge in [0.25, 0.3) is 5.91 Å². The van der Waals surface area contributed by atoms with Gasteiger partial charge in [-0.05, 0) is 17.7 Å². The molecule has 0 bridgehead atoms. The van der Waals surface area contributed by atoms with Gasteiger partial charge in [-0.1, -0.05) is 30.3 Å². The molecule has 1 amide bonds. The van der Waals surface area contributed by atoms with Crippen LogP contribution in [0.1, 0.15) is 22.0 Å². The molecule has 4 N–H and O–H groups in total. The van der Waals surface area contributed by atoms with E-state index in [9.17, 15) is 14.7 Å². The quantitative estimate of drug-likeness (QED) is 0.767. The molecule has 1 aromatic carbocycles. The fourth-order valence-electron chi connectivity index (χ4n) is 1.92. The number of nitrogens with one attached hydrogen (secondary N) is 1. The molecule has 0 saturated carbocycles. The number of carbonyl (C=O) groups is 2. The fraction of sp³-hybridized carbons (Fsp3) is 0.133. The number of hydrogen-bond donors (Lipinski definition) is 3. The first-order valence-corrected chi connectivity index (χ1v) is 6.36. The highest BCUT2D eigenvalue weighted by Crippen LogP contribution is 2.15. The van der Waals surface area contributed by atoms with Gasteiger partial charge in [-0.25, -0.2) is 4.98 Å². The largest absolute Gasteiger partial charge is 0.481 e. The summed E-state index contributed by atoms with van der Waals surface area (Å²) in [5.74, 6) is -2.31. The summed E-state index contributed by atoms with van der Waals surface area (Å²) in [5, 5.41) is 11.8. The van der Waals surface area contributed by atoms with Gasteiger partial charge in [-0.2, -0.15) is 0 Å². The van der Waals surface area contributed by atoms with Crippen molar-refractivity contribution < 1.29 is 14.7 Å². The summed E-state index contributed by atoms with van der Waals surface area (Å²) in [6, 6.07) is 11.9. The van der Waals surface area contributed by atoms with Crippen LogP contribution in [0.25, 0.3) is 0 Å². The van der Waals surface area contributed by atoms with Crippen LogP contribution in [0.5, 0.6) is 0 Å². The summed E-state index contributed by atoms with van der Waals surface area (Å²) < 4.78 is 0. The lowest BCUT2D eigenvalue weighted by Crippen LogP contribution is -2.32. The molecule has 0 radical (unpaired) electrons. The third-order valence-electron chi connectivity index (χ3n) is 3.02. The topological polar surface area (TPSA) is 105 Å². The number of amides is 1. The van der Waals surface area contributed by atoms with Gasteiger partial charge >= 0.3 is 5.97 Å². The molecule has 1 heterocycles. The molecule has 1 atom stereocenters. The van der Waals surface area contributed by atoms with Crippen LogP contribution in [0.3, 0.4) is 0 Å². The van der Waals surface area contributed by atoms with E-state index in [-0.39, 0.29) is 17.9 Å². The van der Waals surface area contributed by atoms with Crippen molar-refractivity contribution in [2.75, 3.05) is 12.3 Å². The molecule has 0 aliphatic heterocycles. The first-order valence-electron chi connectivity index (χ1n) is 6.36. The summed E-state index contributed by atoms with van der Waals surface area (Å²) in [4.78, 5) is 27.2. The Bertz CT molecular complexity index is 644. The maximum absolute atomic E-state index is 12.0. The van der Waals surface area contributed by atoms with Crippen LogP contribution in [0.4, 0.5) is 5.69 Å². The van der Waals surface area contributed by atoms with E-state index in [1.165, 1.54) is 6.20 Å². The summed E-state index contributed by atoms with van der Waals surface area (Å²) >= 11 is 0. The highest BCUT2D eigenvalue weighted by molar-refractivity contribution is 5.97. The molecular formula is C15H15N3O3. The van der Waals surface area contributed by atoms with Crippen molar-refractivity contribution in [3.63, 3.8) is 0 Å². The maximum Gasteiger partial charge on any atom is 0.312 e. The molecular weight excluding hydrogens is 270 g/mol. The van der Waals surface area contributed by atoms with Gasteiger partial charge in [0.15, 0.2) is 5.69 Å². The minimum Gasteiger partial charge on any atom is -0.481 e. The third-order valence-corrected chi connectivity index (χ3v) is 3.02. The van der Waals surface area contributed by atoms with E-state index < -0.39 is 17.8 Å². The second kappa shape index (κ2) is 6.51. The van der Waals surface area contributed by atoms with Gasteiger partial charge in [-0.3, -0.25) is 9.59 Å². The van der Waals surface area contributed by atoms with E-state index >= 15 is 0 Å². The summed E-state index contributed by atoms with van der Waals surface area (Å²) in [5.41, 5.74) is 6.63. The predicted octanol–water partition coefficient (Wildman–Crippen LogP) is 1.26. The number of nitrogens with two attached hydrogens (primary N) is 1. The number of pyridine rings is 1. The zero-order valence-corrected chi connectivity index (χ0v) is 11.2. The van der Waals surface area contributed by atoms with Crippen molar-refractivity contribution in [3.8, 4) is 0 Å². The van der Waals surface area contributed by atoms with Gasteiger partial charge in [0, 0.05) is 12.7 Å². The second-order valence-electron chi connectivity index (χ2n) is 4.45. The first-order chi connectivity index (χ1) is 10.1. The van der Waals surface area contributed by atoms with Crippen molar-refractivity contribution in [2.24, 2.45) is 0 Å². The first kappa shape index (κ1) is 14.5. The molecule has 2 rings (SSSR count). The standard InChI is InChI=1S/C15H15N3O3/c16-12-7-4-8-17-13(12)14(19)18-9-11(15(20)21)10-5-2-1-3-6-10/h1-8,11H,9,16H2,(H,18,19)(H,20,21). The Hall–Kier alpha value is -2.89. The SMILES string of the molecule is Nc1cccnc1C(=O)NCC(C(=O)O)c1ccccc1. The molecule has 108 valence electrons. The lowest BCUT2D eigenvalue weighted by molar-refractivity contribution is -0.138. The molecule has 6 heteroatoms. The number of nitrogens with zero attached hydrogens (tertiary/aromatic N) is 1. The Balaban J connectivity index is 2.08. The number of carboxylic acid groups (broad SMARTS) is 1. The van der Waals surface area contributed by atoms with Crippen molar-refractivity contribution in [3.05, 3.63) is 59.9 Å². The van der Waals surface area contributed by atoms with Gasteiger partial charge in [0.2, 0.25) is 0 Å². The highest BCUT2D eigenvalue weighted by Gasteiger charge is 2.21. The number of aromatic nitrogens is 1. The van der Waals surface area contributed by atoms with E-state index in [4.69, 9.17) is 5.73 Å². The van der Waals surface area contributed by atoms with E-state index in [1.807, 2.05) is 0 Å². The van der Waals surface area contributed by atoms with Crippen molar-refractivity contribution in [1.29, 1.82) is 0 Å². The van der Waals surface area contributed by atoms with Crippen LogP contribution in [0, 0.1) is 0 Å². The molecule has 0 aliphatic carbocycles. The third kappa shape index (κ3) is 3.56. The maximum atomic E-state index is 12.0. The Morgan fingerprint density at radius 1 is 1.19 bits per heavy atom. The lowest BCUT2D eigenvalue weighted by Gasteiger charge is -2.14. The van der Waals surface area contributed by atoms with Crippen LogP contribution in [0.2, 0.25) is 0 Å². The molecule has 1 aromatic heterocycles. The predicted molar refractivity (Wildman–Crippen MR) is 77.8 cm³/mol. The molecule has 1 unspecified atom stereocenters. The lowest BCUT2D eigenvalue weighted by atomic mass is 9.99. The zero-order chi connectivity index (χ0) is 15.2. The summed E-state index contributed by atoms with van der Waals surface area (Å²) in [6.07, 6.45) is 1.46. The molecule has 2 aromatic rings. The van der Waals surface area contributed by atoms with Crippen LogP contribution in [-0.2, 0) is 4.79 Å². The minimum atomic E-state index is -1.00. The van der Waals surface area contributed by atoms with E-state index in [0.717, 1.165) is 0 Å². The Labute approximate surface area is 121 Å². The van der Waals surface area contributed by atoms with E-state index in [2.05, 4.69) is 10.3 Å². The highest BCUT2D eigenvalue weighted by atomic mass is 16.4.